The van der Waals surface area contributed by atoms with Crippen molar-refractivity contribution in [3.05, 3.63) is 0 Å². The molecule has 0 radical (unpaired) electrons. The van der Waals surface area contributed by atoms with Crippen molar-refractivity contribution in [2.24, 2.45) is 16.6 Å². The Balaban J connectivity index is 2.40. The fourth-order valence-electron chi connectivity index (χ4n) is 1.81. The summed E-state index contributed by atoms with van der Waals surface area (Å²) in [6.45, 7) is 5.14. The summed E-state index contributed by atoms with van der Waals surface area (Å²) in [6, 6.07) is 0. The Kier molecular flexibility index (Phi) is 4.33. The van der Waals surface area contributed by atoms with Crippen LogP contribution in [0, 0.1) is 10.8 Å². The first-order chi connectivity index (χ1) is 7.52. The number of aliphatic hydroxyl groups is 1. The molecule has 0 heterocycles. The predicted octanol–water partition coefficient (Wildman–Crippen LogP) is 0.640. The van der Waals surface area contributed by atoms with E-state index >= 15 is 0 Å². The Labute approximate surface area is 97.6 Å². The number of rotatable bonds is 7. The van der Waals surface area contributed by atoms with Crippen LogP contribution in [-0.2, 0) is 4.79 Å². The zero-order chi connectivity index (χ0) is 12.2. The second-order valence-electron chi connectivity index (χ2n) is 5.27. The standard InChI is InChI=1S/C12H24N2O2/c1-3-11(2,8-13)10(16)14-9-12(4-5-12)6-7-15/h15H,3-9,13H2,1-2H3,(H,14,16). The number of aliphatic hydroxyl groups excluding tert-OH is 1. The average Bonchev–Trinajstić information content (AvgIpc) is 3.06. The van der Waals surface area contributed by atoms with Crippen molar-refractivity contribution in [1.29, 1.82) is 0 Å². The van der Waals surface area contributed by atoms with Gasteiger partial charge in [-0.25, -0.2) is 0 Å². The lowest BCUT2D eigenvalue weighted by atomic mass is 9.86. The molecule has 16 heavy (non-hydrogen) atoms. The third-order valence-electron chi connectivity index (χ3n) is 4.00. The second kappa shape index (κ2) is 5.15. The van der Waals surface area contributed by atoms with E-state index in [2.05, 4.69) is 5.32 Å². The number of nitrogens with one attached hydrogen (secondary N) is 1. The van der Waals surface area contributed by atoms with Gasteiger partial charge in [-0.1, -0.05) is 6.92 Å². The summed E-state index contributed by atoms with van der Waals surface area (Å²) >= 11 is 0. The molecule has 4 N–H and O–H groups in total. The Morgan fingerprint density at radius 1 is 1.56 bits per heavy atom. The second-order valence-corrected chi connectivity index (χ2v) is 5.27. The molecule has 0 spiro atoms. The van der Waals surface area contributed by atoms with E-state index in [-0.39, 0.29) is 17.9 Å². The van der Waals surface area contributed by atoms with Crippen LogP contribution in [0.2, 0.25) is 0 Å². The van der Waals surface area contributed by atoms with Gasteiger partial charge in [-0.05, 0) is 38.0 Å². The van der Waals surface area contributed by atoms with Crippen LogP contribution < -0.4 is 11.1 Å². The quantitative estimate of drug-likeness (QED) is 0.598. The van der Waals surface area contributed by atoms with E-state index in [0.29, 0.717) is 13.1 Å². The summed E-state index contributed by atoms with van der Waals surface area (Å²) in [5.74, 6) is 0.0433. The van der Waals surface area contributed by atoms with Gasteiger partial charge in [-0.2, -0.15) is 0 Å². The van der Waals surface area contributed by atoms with E-state index in [4.69, 9.17) is 10.8 Å². The summed E-state index contributed by atoms with van der Waals surface area (Å²) in [5, 5.41) is 11.9. The van der Waals surface area contributed by atoms with Gasteiger partial charge < -0.3 is 16.2 Å². The van der Waals surface area contributed by atoms with Gasteiger partial charge in [-0.3, -0.25) is 4.79 Å². The summed E-state index contributed by atoms with van der Waals surface area (Å²) < 4.78 is 0. The molecule has 1 amide bonds. The third kappa shape index (κ3) is 2.95. The van der Waals surface area contributed by atoms with E-state index in [1.54, 1.807) is 0 Å². The van der Waals surface area contributed by atoms with Crippen molar-refractivity contribution in [3.8, 4) is 0 Å². The Bertz CT molecular complexity index is 245. The molecule has 0 bridgehead atoms. The van der Waals surface area contributed by atoms with E-state index < -0.39 is 5.41 Å². The predicted molar refractivity (Wildman–Crippen MR) is 63.8 cm³/mol. The normalized spacial score (nSPS) is 21.2. The van der Waals surface area contributed by atoms with Gasteiger partial charge in [0.2, 0.25) is 5.91 Å². The zero-order valence-corrected chi connectivity index (χ0v) is 10.4. The lowest BCUT2D eigenvalue weighted by Crippen LogP contribution is -2.45. The molecule has 1 aliphatic rings. The minimum absolute atomic E-state index is 0.0433. The maximum absolute atomic E-state index is 12.0. The number of carbonyl (C=O) groups excluding carboxylic acids is 1. The lowest BCUT2D eigenvalue weighted by molar-refractivity contribution is -0.130. The molecule has 0 aromatic heterocycles. The molecule has 0 aliphatic heterocycles. The highest BCUT2D eigenvalue weighted by Gasteiger charge is 2.42. The fraction of sp³-hybridized carbons (Fsp3) is 0.917. The summed E-state index contributed by atoms with van der Waals surface area (Å²) in [7, 11) is 0. The molecule has 1 aliphatic carbocycles. The number of nitrogens with two attached hydrogens (primary N) is 1. The first kappa shape index (κ1) is 13.5. The number of hydrogen-bond donors (Lipinski definition) is 3. The highest BCUT2D eigenvalue weighted by molar-refractivity contribution is 5.82. The molecular weight excluding hydrogens is 204 g/mol. The van der Waals surface area contributed by atoms with Crippen LogP contribution in [0.25, 0.3) is 0 Å². The highest BCUT2D eigenvalue weighted by Crippen LogP contribution is 2.48. The summed E-state index contributed by atoms with van der Waals surface area (Å²) in [4.78, 5) is 12.0. The average molecular weight is 228 g/mol. The van der Waals surface area contributed by atoms with Crippen molar-refractivity contribution in [2.45, 2.75) is 39.5 Å². The number of hydrogen-bond acceptors (Lipinski definition) is 3. The van der Waals surface area contributed by atoms with E-state index in [0.717, 1.165) is 25.7 Å². The topological polar surface area (TPSA) is 75.4 Å². The maximum atomic E-state index is 12.0. The first-order valence-electron chi connectivity index (χ1n) is 6.11. The molecule has 0 aromatic carbocycles. The monoisotopic (exact) mass is 228 g/mol. The molecule has 4 nitrogen and oxygen atoms in total. The van der Waals surface area contributed by atoms with Crippen LogP contribution >= 0.6 is 0 Å². The van der Waals surface area contributed by atoms with Crippen molar-refractivity contribution in [1.82, 2.24) is 5.32 Å². The largest absolute Gasteiger partial charge is 0.396 e. The Morgan fingerprint density at radius 3 is 2.56 bits per heavy atom. The van der Waals surface area contributed by atoms with Crippen molar-refractivity contribution < 1.29 is 9.90 Å². The number of amides is 1. The minimum Gasteiger partial charge on any atom is -0.396 e. The van der Waals surface area contributed by atoms with Gasteiger partial charge in [0.05, 0.1) is 5.41 Å². The first-order valence-corrected chi connectivity index (χ1v) is 6.11. The molecule has 1 unspecified atom stereocenters. The SMILES string of the molecule is CCC(C)(CN)C(=O)NCC1(CCO)CC1. The minimum atomic E-state index is -0.449. The van der Waals surface area contributed by atoms with Gasteiger partial charge in [0.25, 0.3) is 0 Å². The van der Waals surface area contributed by atoms with Crippen molar-refractivity contribution >= 4 is 5.91 Å². The lowest BCUT2D eigenvalue weighted by Gasteiger charge is -2.26. The van der Waals surface area contributed by atoms with E-state index in [1.165, 1.54) is 0 Å². The van der Waals surface area contributed by atoms with Crippen LogP contribution in [0.4, 0.5) is 0 Å². The van der Waals surface area contributed by atoms with Gasteiger partial charge in [0.1, 0.15) is 0 Å². The van der Waals surface area contributed by atoms with Crippen LogP contribution in [0.3, 0.4) is 0 Å². The molecule has 0 saturated heterocycles. The molecule has 1 rings (SSSR count). The third-order valence-corrected chi connectivity index (χ3v) is 4.00. The molecule has 4 heteroatoms. The molecule has 94 valence electrons. The Hall–Kier alpha value is -0.610. The van der Waals surface area contributed by atoms with Gasteiger partial charge in [0.15, 0.2) is 0 Å². The number of carbonyl (C=O) groups is 1. The molecular formula is C12H24N2O2. The zero-order valence-electron chi connectivity index (χ0n) is 10.4. The smallest absolute Gasteiger partial charge is 0.227 e. The van der Waals surface area contributed by atoms with Gasteiger partial charge >= 0.3 is 0 Å². The fourth-order valence-corrected chi connectivity index (χ4v) is 1.81. The van der Waals surface area contributed by atoms with Crippen molar-refractivity contribution in [2.75, 3.05) is 19.7 Å². The summed E-state index contributed by atoms with van der Waals surface area (Å²) in [6.07, 6.45) is 3.76. The summed E-state index contributed by atoms with van der Waals surface area (Å²) in [5.41, 5.74) is 5.36. The van der Waals surface area contributed by atoms with Crippen LogP contribution in [0.15, 0.2) is 0 Å². The van der Waals surface area contributed by atoms with Crippen molar-refractivity contribution in [3.63, 3.8) is 0 Å². The molecule has 1 fully saturated rings. The van der Waals surface area contributed by atoms with Crippen LogP contribution in [0.1, 0.15) is 39.5 Å². The Morgan fingerprint density at radius 2 is 2.19 bits per heavy atom. The van der Waals surface area contributed by atoms with Crippen LogP contribution in [0.5, 0.6) is 0 Å². The van der Waals surface area contributed by atoms with E-state index in [9.17, 15) is 4.79 Å². The molecule has 1 saturated carbocycles. The van der Waals surface area contributed by atoms with Gasteiger partial charge in [0, 0.05) is 19.7 Å². The molecule has 0 aromatic rings. The highest BCUT2D eigenvalue weighted by atomic mass is 16.3. The maximum Gasteiger partial charge on any atom is 0.227 e. The molecule has 1 atom stereocenters. The van der Waals surface area contributed by atoms with Gasteiger partial charge in [-0.15, -0.1) is 0 Å². The van der Waals surface area contributed by atoms with Crippen LogP contribution in [-0.4, -0.2) is 30.7 Å². The van der Waals surface area contributed by atoms with E-state index in [1.807, 2.05) is 13.8 Å².